The van der Waals surface area contributed by atoms with Gasteiger partial charge in [0.25, 0.3) is 11.5 Å². The second-order valence-electron chi connectivity index (χ2n) is 10.2. The highest BCUT2D eigenvalue weighted by atomic mass is 16.6. The van der Waals surface area contributed by atoms with Gasteiger partial charge in [-0.1, -0.05) is 0 Å². The second kappa shape index (κ2) is 7.33. The first-order valence-corrected chi connectivity index (χ1v) is 11.4. The Labute approximate surface area is 192 Å². The van der Waals surface area contributed by atoms with E-state index < -0.39 is 17.3 Å². The van der Waals surface area contributed by atoms with Crippen molar-refractivity contribution in [1.82, 2.24) is 15.2 Å². The number of nitrogens with one attached hydrogen (secondary N) is 3. The summed E-state index contributed by atoms with van der Waals surface area (Å²) in [5.41, 5.74) is 1.68. The number of allylic oxidation sites excluding steroid dienone is 1. The van der Waals surface area contributed by atoms with Crippen LogP contribution in [0.5, 0.6) is 0 Å². The van der Waals surface area contributed by atoms with Crippen LogP contribution in [0.15, 0.2) is 39.0 Å². The molecule has 0 radical (unpaired) electrons. The Morgan fingerprint density at radius 2 is 2.00 bits per heavy atom. The van der Waals surface area contributed by atoms with Crippen LogP contribution in [0.4, 0.5) is 5.69 Å². The van der Waals surface area contributed by atoms with Crippen molar-refractivity contribution < 1.29 is 14.3 Å². The van der Waals surface area contributed by atoms with E-state index in [1.165, 1.54) is 0 Å². The van der Waals surface area contributed by atoms with Crippen molar-refractivity contribution in [2.75, 3.05) is 5.32 Å². The molecule has 1 amide bonds. The highest BCUT2D eigenvalue weighted by Crippen LogP contribution is 2.39. The monoisotopic (exact) mass is 451 g/mol. The molecule has 4 heterocycles. The van der Waals surface area contributed by atoms with Crippen LogP contribution in [-0.4, -0.2) is 34.3 Å². The molecule has 1 aliphatic carbocycles. The number of aliphatic imine (C=N–C) groups is 1. The standard InChI is InChI=1S/C24H29N5O4/c1-13-9-16(21(31)29-18(13)20(30)28-24(29)7-5-6-8-24)26-19-15-12-25-11-14(15)10-17(27-19)22(32)33-23(2,3)4/h9,11-12,17,26-27H,5-8,10H2,1-4H3,(H,28,30). The van der Waals surface area contributed by atoms with Gasteiger partial charge in [-0.2, -0.15) is 0 Å². The van der Waals surface area contributed by atoms with Crippen molar-refractivity contribution >= 4 is 23.8 Å². The molecule has 0 bridgehead atoms. The van der Waals surface area contributed by atoms with E-state index in [0.717, 1.165) is 42.4 Å². The summed E-state index contributed by atoms with van der Waals surface area (Å²) in [4.78, 5) is 43.3. The number of nitrogens with zero attached hydrogens (tertiary/aromatic N) is 2. The minimum atomic E-state index is -0.650. The van der Waals surface area contributed by atoms with E-state index in [4.69, 9.17) is 4.74 Å². The van der Waals surface area contributed by atoms with Crippen LogP contribution in [0.3, 0.4) is 0 Å². The van der Waals surface area contributed by atoms with E-state index in [2.05, 4.69) is 20.9 Å². The molecule has 3 aliphatic heterocycles. The summed E-state index contributed by atoms with van der Waals surface area (Å²) in [5.74, 6) is -0.0383. The van der Waals surface area contributed by atoms with Crippen LogP contribution >= 0.6 is 0 Å². The van der Waals surface area contributed by atoms with Crippen LogP contribution in [0, 0.1) is 6.92 Å². The fourth-order valence-electron chi connectivity index (χ4n) is 5.18. The average Bonchev–Trinajstić information content (AvgIpc) is 3.44. The van der Waals surface area contributed by atoms with Gasteiger partial charge in [-0.05, 0) is 70.6 Å². The van der Waals surface area contributed by atoms with Gasteiger partial charge in [0.15, 0.2) is 0 Å². The third-order valence-electron chi connectivity index (χ3n) is 6.55. The number of carbonyl (C=O) groups excluding carboxylic acids is 2. The zero-order chi connectivity index (χ0) is 23.5. The van der Waals surface area contributed by atoms with E-state index in [0.29, 0.717) is 23.6 Å². The molecule has 5 rings (SSSR count). The smallest absolute Gasteiger partial charge is 0.329 e. The summed E-state index contributed by atoms with van der Waals surface area (Å²) in [6.07, 6.45) is 7.27. The number of esters is 1. The van der Waals surface area contributed by atoms with E-state index in [9.17, 15) is 14.4 Å². The Morgan fingerprint density at radius 3 is 2.70 bits per heavy atom. The molecule has 1 aromatic rings. The van der Waals surface area contributed by atoms with Crippen LogP contribution in [0.2, 0.25) is 0 Å². The first-order valence-electron chi connectivity index (χ1n) is 11.4. The number of rotatable bonds is 3. The number of carbonyl (C=O) groups is 2. The fraction of sp³-hybridized carbons (Fsp3) is 0.500. The first kappa shape index (κ1) is 21.5. The van der Waals surface area contributed by atoms with E-state index in [1.54, 1.807) is 23.0 Å². The van der Waals surface area contributed by atoms with Gasteiger partial charge in [-0.25, -0.2) is 4.79 Å². The van der Waals surface area contributed by atoms with Crippen LogP contribution in [-0.2, 0) is 15.2 Å². The first-order chi connectivity index (χ1) is 15.6. The van der Waals surface area contributed by atoms with Crippen molar-refractivity contribution in [1.29, 1.82) is 0 Å². The zero-order valence-corrected chi connectivity index (χ0v) is 19.4. The van der Waals surface area contributed by atoms with Crippen molar-refractivity contribution in [2.24, 2.45) is 4.99 Å². The van der Waals surface area contributed by atoms with Crippen LogP contribution < -0.4 is 21.5 Å². The van der Waals surface area contributed by atoms with Gasteiger partial charge in [0.1, 0.15) is 34.5 Å². The highest BCUT2D eigenvalue weighted by molar-refractivity contribution is 5.97. The quantitative estimate of drug-likeness (QED) is 0.609. The van der Waals surface area contributed by atoms with Gasteiger partial charge < -0.3 is 20.7 Å². The molecule has 33 heavy (non-hydrogen) atoms. The van der Waals surface area contributed by atoms with Crippen LogP contribution in [0.25, 0.3) is 0 Å². The van der Waals surface area contributed by atoms with E-state index in [1.807, 2.05) is 27.7 Å². The number of anilines is 1. The molecule has 0 saturated heterocycles. The minimum Gasteiger partial charge on any atom is -0.458 e. The van der Waals surface area contributed by atoms with Gasteiger partial charge in [-0.3, -0.25) is 19.1 Å². The van der Waals surface area contributed by atoms with Crippen molar-refractivity contribution in [3.8, 4) is 0 Å². The lowest BCUT2D eigenvalue weighted by atomic mass is 9.96. The number of fused-ring (bicyclic) bond motifs is 3. The van der Waals surface area contributed by atoms with Gasteiger partial charge in [0.05, 0.1) is 0 Å². The van der Waals surface area contributed by atoms with Gasteiger partial charge in [0, 0.05) is 24.4 Å². The predicted molar refractivity (Wildman–Crippen MR) is 124 cm³/mol. The molecule has 1 saturated carbocycles. The molecule has 9 heteroatoms. The normalized spacial score (nSPS) is 22.6. The second-order valence-corrected chi connectivity index (χ2v) is 10.2. The maximum absolute atomic E-state index is 13.6. The van der Waals surface area contributed by atoms with Gasteiger partial charge in [-0.15, -0.1) is 0 Å². The number of amides is 1. The maximum atomic E-state index is 13.6. The summed E-state index contributed by atoms with van der Waals surface area (Å²) in [6.45, 7) is 7.32. The Kier molecular flexibility index (Phi) is 4.77. The third-order valence-corrected chi connectivity index (χ3v) is 6.55. The number of hydrogen-bond acceptors (Lipinski definition) is 7. The average molecular weight is 452 g/mol. The van der Waals surface area contributed by atoms with Gasteiger partial charge in [0.2, 0.25) is 0 Å². The summed E-state index contributed by atoms with van der Waals surface area (Å²) in [5, 5.41) is 9.49. The van der Waals surface area contributed by atoms with E-state index in [-0.39, 0.29) is 17.4 Å². The summed E-state index contributed by atoms with van der Waals surface area (Å²) in [7, 11) is 0. The SMILES string of the molecule is Cc1cc(NC2=C3C=NC=C3CC(C(=O)OC(C)(C)C)N2)c(=O)n2c1C(=O)NC21CCCC1. The fourth-order valence-corrected chi connectivity index (χ4v) is 5.18. The summed E-state index contributed by atoms with van der Waals surface area (Å²) >= 11 is 0. The number of aromatic nitrogens is 1. The molecule has 9 nitrogen and oxygen atoms in total. The molecular formula is C24H29N5O4. The lowest BCUT2D eigenvalue weighted by Gasteiger charge is -2.31. The van der Waals surface area contributed by atoms with E-state index >= 15 is 0 Å². The topological polar surface area (TPSA) is 114 Å². The molecule has 0 aromatic carbocycles. The lowest BCUT2D eigenvalue weighted by Crippen LogP contribution is -2.47. The number of pyridine rings is 1. The number of hydrogen-bond donors (Lipinski definition) is 3. The minimum absolute atomic E-state index is 0.200. The summed E-state index contributed by atoms with van der Waals surface area (Å²) < 4.78 is 7.21. The largest absolute Gasteiger partial charge is 0.458 e. The van der Waals surface area contributed by atoms with Crippen molar-refractivity contribution in [3.63, 3.8) is 0 Å². The molecule has 1 atom stereocenters. The lowest BCUT2D eigenvalue weighted by molar-refractivity contribution is -0.157. The molecular weight excluding hydrogens is 422 g/mol. The third kappa shape index (κ3) is 3.55. The predicted octanol–water partition coefficient (Wildman–Crippen LogP) is 2.42. The molecule has 1 aromatic heterocycles. The molecule has 1 fully saturated rings. The van der Waals surface area contributed by atoms with Gasteiger partial charge >= 0.3 is 5.97 Å². The zero-order valence-electron chi connectivity index (χ0n) is 19.4. The Bertz CT molecular complexity index is 1210. The number of aryl methyl sites for hydroxylation is 1. The highest BCUT2D eigenvalue weighted by Gasteiger charge is 2.46. The van der Waals surface area contributed by atoms with Crippen molar-refractivity contribution in [2.45, 2.75) is 77.1 Å². The molecule has 4 aliphatic rings. The van der Waals surface area contributed by atoms with Crippen molar-refractivity contribution in [3.05, 3.63) is 50.8 Å². The Balaban J connectivity index is 1.52. The Morgan fingerprint density at radius 1 is 1.27 bits per heavy atom. The number of ether oxygens (including phenoxy) is 1. The summed E-state index contributed by atoms with van der Waals surface area (Å²) in [6, 6.07) is 1.09. The Hall–Kier alpha value is -3.36. The molecule has 3 N–H and O–H groups in total. The van der Waals surface area contributed by atoms with Crippen LogP contribution in [0.1, 0.15) is 68.9 Å². The molecule has 1 unspecified atom stereocenters. The molecule has 174 valence electrons. The molecule has 1 spiro atoms. The maximum Gasteiger partial charge on any atom is 0.329 e.